The smallest absolute Gasteiger partial charge is 0.274 e. The molecule has 3 rings (SSSR count). The SMILES string of the molecule is C[C@@]1(O)[C@H](O)[C@@H](CO)O[C@H]1C1C=NC(=O)C2=C1N=CC2. The Morgan fingerprint density at radius 3 is 2.90 bits per heavy atom. The molecule has 0 aromatic rings. The highest BCUT2D eigenvalue weighted by Crippen LogP contribution is 2.40. The lowest BCUT2D eigenvalue weighted by molar-refractivity contribution is -0.114. The van der Waals surface area contributed by atoms with Crippen molar-refractivity contribution in [2.75, 3.05) is 6.61 Å². The average Bonchev–Trinajstić information content (AvgIpc) is 2.98. The highest BCUT2D eigenvalue weighted by molar-refractivity contribution is 6.06. The van der Waals surface area contributed by atoms with Crippen LogP contribution in [0.1, 0.15) is 13.3 Å². The lowest BCUT2D eigenvalue weighted by atomic mass is 9.82. The zero-order chi connectivity index (χ0) is 14.5. The molecule has 3 heterocycles. The first-order valence-electron chi connectivity index (χ1n) is 6.47. The molecule has 0 spiro atoms. The lowest BCUT2D eigenvalue weighted by Gasteiger charge is -2.31. The van der Waals surface area contributed by atoms with E-state index in [2.05, 4.69) is 9.98 Å². The molecule has 0 radical (unpaired) electrons. The van der Waals surface area contributed by atoms with Crippen LogP contribution in [0.15, 0.2) is 21.3 Å². The van der Waals surface area contributed by atoms with E-state index in [1.807, 2.05) is 0 Å². The van der Waals surface area contributed by atoms with Crippen LogP contribution in [0.5, 0.6) is 0 Å². The second-order valence-electron chi connectivity index (χ2n) is 5.44. The Balaban J connectivity index is 1.95. The van der Waals surface area contributed by atoms with E-state index < -0.39 is 36.4 Å². The van der Waals surface area contributed by atoms with E-state index in [9.17, 15) is 20.1 Å². The van der Waals surface area contributed by atoms with Crippen LogP contribution >= 0.6 is 0 Å². The van der Waals surface area contributed by atoms with Gasteiger partial charge < -0.3 is 20.1 Å². The molecule has 0 saturated carbocycles. The topological polar surface area (TPSA) is 112 Å². The van der Waals surface area contributed by atoms with Gasteiger partial charge in [0.1, 0.15) is 23.9 Å². The predicted octanol–water partition coefficient (Wildman–Crippen LogP) is -1.19. The fourth-order valence-electron chi connectivity index (χ4n) is 2.96. The van der Waals surface area contributed by atoms with Gasteiger partial charge in [-0.1, -0.05) is 0 Å². The van der Waals surface area contributed by atoms with Crippen molar-refractivity contribution < 1.29 is 24.9 Å². The molecule has 1 unspecified atom stereocenters. The van der Waals surface area contributed by atoms with E-state index in [4.69, 9.17) is 4.74 Å². The van der Waals surface area contributed by atoms with E-state index in [1.54, 1.807) is 6.21 Å². The molecular weight excluding hydrogens is 264 g/mol. The Bertz CT molecular complexity index is 537. The van der Waals surface area contributed by atoms with Crippen molar-refractivity contribution in [1.82, 2.24) is 0 Å². The number of carbonyl (C=O) groups excluding carboxylic acids is 1. The number of ether oxygens (including phenoxy) is 1. The Hall–Kier alpha value is -1.41. The quantitative estimate of drug-likeness (QED) is 0.589. The number of amides is 1. The number of carbonyl (C=O) groups is 1. The van der Waals surface area contributed by atoms with Crippen LogP contribution in [0.2, 0.25) is 0 Å². The lowest BCUT2D eigenvalue weighted by Crippen LogP contribution is -2.49. The number of rotatable bonds is 2. The third-order valence-corrected chi connectivity index (χ3v) is 4.12. The molecule has 0 aliphatic carbocycles. The Labute approximate surface area is 115 Å². The first-order chi connectivity index (χ1) is 9.46. The molecule has 108 valence electrons. The molecular formula is C13H16N2O5. The van der Waals surface area contributed by atoms with Crippen LogP contribution in [-0.4, -0.2) is 64.2 Å². The minimum absolute atomic E-state index is 0.328. The van der Waals surface area contributed by atoms with Gasteiger partial charge in [-0.15, -0.1) is 0 Å². The summed E-state index contributed by atoms with van der Waals surface area (Å²) in [7, 11) is 0. The molecule has 3 aliphatic rings. The zero-order valence-corrected chi connectivity index (χ0v) is 10.9. The molecule has 0 bridgehead atoms. The number of hydrogen-bond donors (Lipinski definition) is 3. The standard InChI is InChI=1S/C13H16N2O5/c1-13(19)10(17)8(5-16)20-11(13)7-4-15-12(18)6-2-3-14-9(6)7/h3-4,7-8,10-11,16-17,19H,2,5H2,1H3/t7?,8-,10-,11+,13-/m1/s1. The normalized spacial score (nSPS) is 43.5. The minimum atomic E-state index is -1.55. The first-order valence-corrected chi connectivity index (χ1v) is 6.47. The number of aliphatic hydroxyl groups excluding tert-OH is 2. The van der Waals surface area contributed by atoms with E-state index >= 15 is 0 Å². The fourth-order valence-corrected chi connectivity index (χ4v) is 2.96. The van der Waals surface area contributed by atoms with Gasteiger partial charge in [-0.05, 0) is 6.92 Å². The summed E-state index contributed by atoms with van der Waals surface area (Å²) in [6.07, 6.45) is 0.548. The molecule has 20 heavy (non-hydrogen) atoms. The van der Waals surface area contributed by atoms with Crippen molar-refractivity contribution in [3.63, 3.8) is 0 Å². The summed E-state index contributed by atoms with van der Waals surface area (Å²) < 4.78 is 5.56. The summed E-state index contributed by atoms with van der Waals surface area (Å²) in [6.45, 7) is 1.05. The molecule has 0 aromatic heterocycles. The maximum atomic E-state index is 11.7. The van der Waals surface area contributed by atoms with Crippen molar-refractivity contribution >= 4 is 18.3 Å². The van der Waals surface area contributed by atoms with Gasteiger partial charge in [-0.25, -0.2) is 4.99 Å². The zero-order valence-electron chi connectivity index (χ0n) is 10.9. The van der Waals surface area contributed by atoms with Gasteiger partial charge in [0, 0.05) is 24.4 Å². The third-order valence-electron chi connectivity index (χ3n) is 4.12. The number of dihydropyridines is 1. The monoisotopic (exact) mass is 280 g/mol. The summed E-state index contributed by atoms with van der Waals surface area (Å²) in [5.74, 6) is -0.840. The van der Waals surface area contributed by atoms with Crippen LogP contribution < -0.4 is 0 Å². The largest absolute Gasteiger partial charge is 0.394 e. The Morgan fingerprint density at radius 2 is 2.25 bits per heavy atom. The third kappa shape index (κ3) is 1.78. The minimum Gasteiger partial charge on any atom is -0.394 e. The first kappa shape index (κ1) is 13.6. The molecule has 0 aromatic carbocycles. The molecule has 7 nitrogen and oxygen atoms in total. The van der Waals surface area contributed by atoms with Gasteiger partial charge in [0.05, 0.1) is 18.2 Å². The van der Waals surface area contributed by atoms with E-state index in [1.165, 1.54) is 13.1 Å². The van der Waals surface area contributed by atoms with E-state index in [-0.39, 0.29) is 5.91 Å². The molecule has 3 aliphatic heterocycles. The van der Waals surface area contributed by atoms with Crippen molar-refractivity contribution in [3.05, 3.63) is 11.3 Å². The van der Waals surface area contributed by atoms with Crippen LogP contribution in [0.4, 0.5) is 0 Å². The molecule has 1 amide bonds. The number of aliphatic imine (C=N–C) groups is 2. The number of nitrogens with zero attached hydrogens (tertiary/aromatic N) is 2. The average molecular weight is 280 g/mol. The van der Waals surface area contributed by atoms with Gasteiger partial charge in [0.25, 0.3) is 5.91 Å². The maximum Gasteiger partial charge on any atom is 0.274 e. The van der Waals surface area contributed by atoms with Crippen LogP contribution in [0.25, 0.3) is 0 Å². The number of aliphatic hydroxyl groups is 3. The van der Waals surface area contributed by atoms with Crippen LogP contribution in [0, 0.1) is 5.92 Å². The predicted molar refractivity (Wildman–Crippen MR) is 69.5 cm³/mol. The highest BCUT2D eigenvalue weighted by atomic mass is 16.6. The summed E-state index contributed by atoms with van der Waals surface area (Å²) in [4.78, 5) is 19.6. The van der Waals surface area contributed by atoms with Crippen LogP contribution in [0.3, 0.4) is 0 Å². The fraction of sp³-hybridized carbons (Fsp3) is 0.615. The molecule has 7 heteroatoms. The molecule has 1 fully saturated rings. The summed E-state index contributed by atoms with van der Waals surface area (Å²) in [5, 5.41) is 29.7. The van der Waals surface area contributed by atoms with Gasteiger partial charge in [0.15, 0.2) is 0 Å². The Kier molecular flexibility index (Phi) is 3.09. The van der Waals surface area contributed by atoms with Crippen molar-refractivity contribution in [3.8, 4) is 0 Å². The summed E-state index contributed by atoms with van der Waals surface area (Å²) >= 11 is 0. The second-order valence-corrected chi connectivity index (χ2v) is 5.44. The van der Waals surface area contributed by atoms with Gasteiger partial charge in [0.2, 0.25) is 0 Å². The van der Waals surface area contributed by atoms with Crippen molar-refractivity contribution in [1.29, 1.82) is 0 Å². The summed E-state index contributed by atoms with van der Waals surface area (Å²) in [6, 6.07) is 0. The van der Waals surface area contributed by atoms with Crippen molar-refractivity contribution in [2.45, 2.75) is 37.3 Å². The Morgan fingerprint density at radius 1 is 1.50 bits per heavy atom. The second kappa shape index (κ2) is 4.56. The van der Waals surface area contributed by atoms with E-state index in [0.717, 1.165) is 0 Å². The molecule has 3 N–H and O–H groups in total. The number of hydrogen-bond acceptors (Lipinski definition) is 6. The van der Waals surface area contributed by atoms with Gasteiger partial charge in [-0.2, -0.15) is 0 Å². The van der Waals surface area contributed by atoms with Gasteiger partial charge in [-0.3, -0.25) is 9.79 Å². The molecule has 1 saturated heterocycles. The van der Waals surface area contributed by atoms with Gasteiger partial charge >= 0.3 is 0 Å². The maximum absolute atomic E-state index is 11.7. The van der Waals surface area contributed by atoms with Crippen LogP contribution in [-0.2, 0) is 9.53 Å². The molecule has 5 atom stereocenters. The summed E-state index contributed by atoms with van der Waals surface area (Å²) in [5.41, 5.74) is -0.527. The van der Waals surface area contributed by atoms with Crippen molar-refractivity contribution in [2.24, 2.45) is 15.9 Å². The van der Waals surface area contributed by atoms with E-state index in [0.29, 0.717) is 17.7 Å². The highest BCUT2D eigenvalue weighted by Gasteiger charge is 2.55.